The van der Waals surface area contributed by atoms with Crippen LogP contribution in [0.1, 0.15) is 15.9 Å². The number of rotatable bonds is 4. The van der Waals surface area contributed by atoms with Crippen LogP contribution in [0.15, 0.2) is 71.6 Å². The first-order chi connectivity index (χ1) is 16.0. The fourth-order valence-corrected chi connectivity index (χ4v) is 4.67. The van der Waals surface area contributed by atoms with E-state index in [1.165, 1.54) is 40.9 Å². The minimum Gasteiger partial charge on any atom is -0.454 e. The van der Waals surface area contributed by atoms with Crippen molar-refractivity contribution in [1.82, 2.24) is 0 Å². The van der Waals surface area contributed by atoms with Gasteiger partial charge in [0.15, 0.2) is 15.8 Å². The van der Waals surface area contributed by atoms with E-state index in [-0.39, 0.29) is 18.6 Å². The van der Waals surface area contributed by atoms with Gasteiger partial charge in [-0.05, 0) is 66.2 Å². The van der Waals surface area contributed by atoms with Gasteiger partial charge < -0.3 is 14.8 Å². The normalized spacial score (nSPS) is 15.9. The molecule has 0 aliphatic carbocycles. The van der Waals surface area contributed by atoms with Crippen molar-refractivity contribution in [3.8, 4) is 11.5 Å². The molecule has 0 spiro atoms. The molecule has 1 fully saturated rings. The largest absolute Gasteiger partial charge is 0.454 e. The van der Waals surface area contributed by atoms with Crippen LogP contribution in [0, 0.1) is 5.82 Å². The summed E-state index contributed by atoms with van der Waals surface area (Å²) < 4.78 is 24.2. The second kappa shape index (κ2) is 8.68. The molecular formula is C24H15FN2O4S2. The molecule has 2 heterocycles. The molecule has 6 nitrogen and oxygen atoms in total. The summed E-state index contributed by atoms with van der Waals surface area (Å²) in [5, 5.41) is 2.71. The molecule has 1 saturated heterocycles. The first-order valence-electron chi connectivity index (χ1n) is 9.82. The molecule has 0 aromatic heterocycles. The fourth-order valence-electron chi connectivity index (χ4n) is 3.37. The van der Waals surface area contributed by atoms with Crippen molar-refractivity contribution in [1.29, 1.82) is 0 Å². The van der Waals surface area contributed by atoms with Crippen LogP contribution in [0.4, 0.5) is 15.8 Å². The summed E-state index contributed by atoms with van der Waals surface area (Å²) in [7, 11) is 0. The van der Waals surface area contributed by atoms with Crippen LogP contribution in [-0.4, -0.2) is 22.9 Å². The van der Waals surface area contributed by atoms with E-state index in [4.69, 9.17) is 21.7 Å². The molecule has 0 bridgehead atoms. The number of nitrogens with zero attached hydrogens (tertiary/aromatic N) is 1. The van der Waals surface area contributed by atoms with Crippen molar-refractivity contribution in [2.24, 2.45) is 0 Å². The molecule has 2 amide bonds. The van der Waals surface area contributed by atoms with Gasteiger partial charge >= 0.3 is 0 Å². The summed E-state index contributed by atoms with van der Waals surface area (Å²) >= 11 is 6.63. The summed E-state index contributed by atoms with van der Waals surface area (Å²) in [4.78, 5) is 27.6. The molecule has 1 N–H and O–H groups in total. The van der Waals surface area contributed by atoms with Gasteiger partial charge in [0.05, 0.1) is 10.6 Å². The first-order valence-corrected chi connectivity index (χ1v) is 11.0. The van der Waals surface area contributed by atoms with Gasteiger partial charge in [-0.25, -0.2) is 4.39 Å². The van der Waals surface area contributed by atoms with E-state index >= 15 is 0 Å². The monoisotopic (exact) mass is 478 g/mol. The van der Waals surface area contributed by atoms with Crippen LogP contribution in [0.3, 0.4) is 0 Å². The Morgan fingerprint density at radius 2 is 1.85 bits per heavy atom. The Labute approximate surface area is 198 Å². The van der Waals surface area contributed by atoms with Gasteiger partial charge in [-0.3, -0.25) is 14.5 Å². The number of benzene rings is 3. The molecule has 9 heteroatoms. The van der Waals surface area contributed by atoms with Crippen molar-refractivity contribution in [3.63, 3.8) is 0 Å². The predicted octanol–water partition coefficient (Wildman–Crippen LogP) is 5.21. The third-order valence-corrected chi connectivity index (χ3v) is 6.26. The number of amides is 2. The molecule has 3 aromatic rings. The zero-order chi connectivity index (χ0) is 22.9. The smallest absolute Gasteiger partial charge is 0.270 e. The minimum absolute atomic E-state index is 0.173. The van der Waals surface area contributed by atoms with Gasteiger partial charge in [-0.15, -0.1) is 0 Å². The van der Waals surface area contributed by atoms with Gasteiger partial charge in [-0.1, -0.05) is 36.1 Å². The van der Waals surface area contributed by atoms with Crippen LogP contribution < -0.4 is 19.7 Å². The maximum absolute atomic E-state index is 13.1. The van der Waals surface area contributed by atoms with Gasteiger partial charge in [0.2, 0.25) is 6.79 Å². The Kier molecular flexibility index (Phi) is 5.57. The lowest BCUT2D eigenvalue weighted by molar-refractivity contribution is -0.113. The standard InChI is InChI=1S/C24H15FN2O4S2/c25-16-5-7-17(8-6-16)26-22(28)15-2-1-3-18(12-15)27-23(29)21(33-24(27)32)11-14-4-9-19-20(10-14)31-13-30-19/h1-12H,13H2,(H,26,28)/b21-11+. The lowest BCUT2D eigenvalue weighted by atomic mass is 10.1. The molecule has 164 valence electrons. The van der Waals surface area contributed by atoms with Gasteiger partial charge in [-0.2, -0.15) is 0 Å². The van der Waals surface area contributed by atoms with E-state index < -0.39 is 5.82 Å². The number of hydrogen-bond acceptors (Lipinski definition) is 6. The molecule has 0 radical (unpaired) electrons. The molecule has 0 unspecified atom stereocenters. The van der Waals surface area contributed by atoms with E-state index in [1.54, 1.807) is 42.5 Å². The Morgan fingerprint density at radius 1 is 1.06 bits per heavy atom. The van der Waals surface area contributed by atoms with E-state index in [1.807, 2.05) is 6.07 Å². The molecule has 0 saturated carbocycles. The third kappa shape index (κ3) is 4.33. The highest BCUT2D eigenvalue weighted by molar-refractivity contribution is 8.27. The Morgan fingerprint density at radius 3 is 2.67 bits per heavy atom. The maximum atomic E-state index is 13.1. The molecular weight excluding hydrogens is 463 g/mol. The highest BCUT2D eigenvalue weighted by atomic mass is 32.2. The van der Waals surface area contributed by atoms with Crippen molar-refractivity contribution in [2.75, 3.05) is 17.0 Å². The van der Waals surface area contributed by atoms with Crippen LogP contribution in [0.25, 0.3) is 6.08 Å². The summed E-state index contributed by atoms with van der Waals surface area (Å²) in [6.07, 6.45) is 1.74. The first kappa shape index (κ1) is 21.2. The average Bonchev–Trinajstić information content (AvgIpc) is 3.39. The molecule has 5 rings (SSSR count). The lowest BCUT2D eigenvalue weighted by Gasteiger charge is -2.15. The number of carbonyl (C=O) groups excluding carboxylic acids is 2. The number of hydrogen-bond donors (Lipinski definition) is 1. The summed E-state index contributed by atoms with van der Waals surface area (Å²) in [6.45, 7) is 0.173. The highest BCUT2D eigenvalue weighted by Gasteiger charge is 2.33. The zero-order valence-corrected chi connectivity index (χ0v) is 18.5. The summed E-state index contributed by atoms with van der Waals surface area (Å²) in [5.41, 5.74) is 2.07. The maximum Gasteiger partial charge on any atom is 0.270 e. The SMILES string of the molecule is O=C(Nc1ccc(F)cc1)c1cccc(N2C(=O)/C(=C\c3ccc4c(c3)OCO4)SC2=S)c1. The topological polar surface area (TPSA) is 67.9 Å². The van der Waals surface area contributed by atoms with Gasteiger partial charge in [0.1, 0.15) is 5.82 Å². The quantitative estimate of drug-likeness (QED) is 0.410. The van der Waals surface area contributed by atoms with E-state index in [0.29, 0.717) is 37.7 Å². The number of ether oxygens (including phenoxy) is 2. The fraction of sp³-hybridized carbons (Fsp3) is 0.0417. The highest BCUT2D eigenvalue weighted by Crippen LogP contribution is 2.38. The lowest BCUT2D eigenvalue weighted by Crippen LogP contribution is -2.27. The summed E-state index contributed by atoms with van der Waals surface area (Å²) in [6, 6.07) is 17.5. The molecule has 0 atom stereocenters. The Bertz CT molecular complexity index is 1320. The molecule has 3 aromatic carbocycles. The van der Waals surface area contributed by atoms with E-state index in [2.05, 4.69) is 5.32 Å². The second-order valence-corrected chi connectivity index (χ2v) is 8.82. The van der Waals surface area contributed by atoms with Crippen molar-refractivity contribution >= 4 is 57.6 Å². The van der Waals surface area contributed by atoms with Crippen LogP contribution in [-0.2, 0) is 4.79 Å². The number of anilines is 2. The van der Waals surface area contributed by atoms with Crippen molar-refractivity contribution in [3.05, 3.63) is 88.6 Å². The molecule has 2 aliphatic rings. The van der Waals surface area contributed by atoms with Crippen molar-refractivity contribution in [2.45, 2.75) is 0 Å². The number of thiocarbonyl (C=S) groups is 1. The second-order valence-electron chi connectivity index (χ2n) is 7.14. The average molecular weight is 479 g/mol. The number of halogens is 1. The number of carbonyl (C=O) groups is 2. The van der Waals surface area contributed by atoms with Crippen LogP contribution in [0.2, 0.25) is 0 Å². The van der Waals surface area contributed by atoms with Gasteiger partial charge in [0, 0.05) is 11.3 Å². The number of fused-ring (bicyclic) bond motifs is 1. The van der Waals surface area contributed by atoms with E-state index in [9.17, 15) is 14.0 Å². The minimum atomic E-state index is -0.391. The van der Waals surface area contributed by atoms with Crippen LogP contribution in [0.5, 0.6) is 11.5 Å². The zero-order valence-electron chi connectivity index (χ0n) is 16.9. The predicted molar refractivity (Wildman–Crippen MR) is 129 cm³/mol. The molecule has 2 aliphatic heterocycles. The Hall–Kier alpha value is -3.69. The van der Waals surface area contributed by atoms with Crippen LogP contribution >= 0.6 is 24.0 Å². The van der Waals surface area contributed by atoms with Crippen molar-refractivity contribution < 1.29 is 23.5 Å². The van der Waals surface area contributed by atoms with Gasteiger partial charge in [0.25, 0.3) is 11.8 Å². The number of thioether (sulfide) groups is 1. The van der Waals surface area contributed by atoms with E-state index in [0.717, 1.165) is 5.56 Å². The molecule has 33 heavy (non-hydrogen) atoms. The third-order valence-electron chi connectivity index (χ3n) is 4.96. The summed E-state index contributed by atoms with van der Waals surface area (Å²) in [5.74, 6) is 0.233. The Balaban J connectivity index is 1.37. The number of nitrogens with one attached hydrogen (secondary N) is 1.